The Morgan fingerprint density at radius 2 is 1.24 bits per heavy atom. The lowest BCUT2D eigenvalue weighted by Crippen LogP contribution is -2.04. The number of rotatable bonds is 2. The van der Waals surface area contributed by atoms with Crippen molar-refractivity contribution in [2.45, 2.75) is 45.3 Å². The predicted molar refractivity (Wildman–Crippen MR) is 61.6 cm³/mol. The summed E-state index contributed by atoms with van der Waals surface area (Å²) in [5.74, 6) is -1.49. The molecule has 0 saturated carbocycles. The number of carboxylic acids is 2. The number of hydrogen-bond donors (Lipinski definition) is 4. The number of aliphatic carboxylic acids is 2. The standard InChI is InChI=1S/C5H8O2.2C3H6O2/c6-4-1-2-5(7)3-4;2*1-2-3(4)5/h1-2,4-7H,3H2;2*2H2,1H3,(H,4,5)/t4-,5+;;. The van der Waals surface area contributed by atoms with Crippen LogP contribution in [-0.2, 0) is 9.59 Å². The van der Waals surface area contributed by atoms with Crippen molar-refractivity contribution >= 4 is 11.9 Å². The van der Waals surface area contributed by atoms with Crippen LogP contribution in [0.5, 0.6) is 0 Å². The third-order valence-corrected chi connectivity index (χ3v) is 1.64. The summed E-state index contributed by atoms with van der Waals surface area (Å²) in [4.78, 5) is 18.7. The van der Waals surface area contributed by atoms with Gasteiger partial charge >= 0.3 is 11.9 Å². The summed E-state index contributed by atoms with van der Waals surface area (Å²) in [7, 11) is 0. The Balaban J connectivity index is 0. The largest absolute Gasteiger partial charge is 0.481 e. The van der Waals surface area contributed by atoms with E-state index in [1.54, 1.807) is 26.0 Å². The minimum atomic E-state index is -0.745. The smallest absolute Gasteiger partial charge is 0.303 e. The number of carbonyl (C=O) groups is 2. The van der Waals surface area contributed by atoms with Crippen molar-refractivity contribution < 1.29 is 30.0 Å². The summed E-state index contributed by atoms with van der Waals surface area (Å²) in [6.07, 6.45) is 3.31. The predicted octanol–water partition coefficient (Wildman–Crippen LogP) is 0.630. The molecule has 1 aliphatic carbocycles. The minimum absolute atomic E-state index is 0.222. The average molecular weight is 248 g/mol. The van der Waals surface area contributed by atoms with Crippen molar-refractivity contribution in [3.63, 3.8) is 0 Å². The summed E-state index contributed by atoms with van der Waals surface area (Å²) in [6, 6.07) is 0. The van der Waals surface area contributed by atoms with E-state index in [1.807, 2.05) is 0 Å². The van der Waals surface area contributed by atoms with Gasteiger partial charge in [0.2, 0.25) is 0 Å². The Bertz CT molecular complexity index is 224. The van der Waals surface area contributed by atoms with Crippen molar-refractivity contribution in [1.82, 2.24) is 0 Å². The number of aliphatic hydroxyl groups excluding tert-OH is 2. The van der Waals surface area contributed by atoms with E-state index in [-0.39, 0.29) is 12.8 Å². The zero-order valence-corrected chi connectivity index (χ0v) is 10.0. The van der Waals surface area contributed by atoms with Gasteiger partial charge < -0.3 is 20.4 Å². The molecule has 0 saturated heterocycles. The monoisotopic (exact) mass is 248 g/mol. The molecule has 0 amide bonds. The summed E-state index contributed by atoms with van der Waals surface area (Å²) in [5.41, 5.74) is 0. The van der Waals surface area contributed by atoms with Gasteiger partial charge in [-0.2, -0.15) is 0 Å². The van der Waals surface area contributed by atoms with Crippen LogP contribution in [0.25, 0.3) is 0 Å². The first-order chi connectivity index (χ1) is 7.83. The van der Waals surface area contributed by atoms with Gasteiger partial charge in [-0.3, -0.25) is 9.59 Å². The molecule has 0 radical (unpaired) electrons. The van der Waals surface area contributed by atoms with Crippen LogP contribution in [0.15, 0.2) is 12.2 Å². The highest BCUT2D eigenvalue weighted by molar-refractivity contribution is 5.66. The van der Waals surface area contributed by atoms with Crippen LogP contribution in [0, 0.1) is 0 Å². The number of carboxylic acid groups (broad SMARTS) is 2. The van der Waals surface area contributed by atoms with Crippen LogP contribution >= 0.6 is 0 Å². The molecule has 17 heavy (non-hydrogen) atoms. The Morgan fingerprint density at radius 3 is 1.29 bits per heavy atom. The first kappa shape index (κ1) is 18.0. The second kappa shape index (κ2) is 11.1. The lowest BCUT2D eigenvalue weighted by atomic mass is 10.3. The molecule has 100 valence electrons. The van der Waals surface area contributed by atoms with Gasteiger partial charge in [-0.05, 0) is 0 Å². The highest BCUT2D eigenvalue weighted by atomic mass is 16.4. The van der Waals surface area contributed by atoms with E-state index in [1.165, 1.54) is 0 Å². The fraction of sp³-hybridized carbons (Fsp3) is 0.636. The molecule has 1 rings (SSSR count). The Hall–Kier alpha value is -1.40. The summed E-state index contributed by atoms with van der Waals surface area (Å²) in [6.45, 7) is 3.20. The zero-order valence-electron chi connectivity index (χ0n) is 10.0. The minimum Gasteiger partial charge on any atom is -0.481 e. The maximum Gasteiger partial charge on any atom is 0.303 e. The summed E-state index contributed by atoms with van der Waals surface area (Å²) in [5, 5.41) is 32.8. The van der Waals surface area contributed by atoms with E-state index in [0.717, 1.165) is 0 Å². The summed E-state index contributed by atoms with van der Waals surface area (Å²) < 4.78 is 0. The van der Waals surface area contributed by atoms with Gasteiger partial charge in [0.25, 0.3) is 0 Å². The molecule has 0 heterocycles. The molecule has 0 aliphatic heterocycles. The van der Waals surface area contributed by atoms with Crippen LogP contribution in [0.1, 0.15) is 33.1 Å². The van der Waals surface area contributed by atoms with E-state index in [0.29, 0.717) is 6.42 Å². The van der Waals surface area contributed by atoms with Crippen molar-refractivity contribution in [3.8, 4) is 0 Å². The Kier molecular flexibility index (Phi) is 11.7. The maximum absolute atomic E-state index is 9.37. The van der Waals surface area contributed by atoms with Crippen molar-refractivity contribution in [3.05, 3.63) is 12.2 Å². The molecule has 6 heteroatoms. The molecule has 4 N–H and O–H groups in total. The topological polar surface area (TPSA) is 115 Å². The quantitative estimate of drug-likeness (QED) is 0.533. The highest BCUT2D eigenvalue weighted by Crippen LogP contribution is 2.08. The van der Waals surface area contributed by atoms with Gasteiger partial charge in [-0.15, -0.1) is 0 Å². The Morgan fingerprint density at radius 1 is 1.00 bits per heavy atom. The fourth-order valence-corrected chi connectivity index (χ4v) is 0.661. The van der Waals surface area contributed by atoms with Crippen molar-refractivity contribution in [2.75, 3.05) is 0 Å². The van der Waals surface area contributed by atoms with E-state index in [9.17, 15) is 9.59 Å². The van der Waals surface area contributed by atoms with E-state index in [4.69, 9.17) is 20.4 Å². The Labute approximate surface area is 100 Å². The third kappa shape index (κ3) is 17.2. The molecule has 0 aromatic carbocycles. The van der Waals surface area contributed by atoms with Gasteiger partial charge in [0.1, 0.15) is 0 Å². The van der Waals surface area contributed by atoms with Crippen LogP contribution in [0.4, 0.5) is 0 Å². The van der Waals surface area contributed by atoms with Gasteiger partial charge in [-0.1, -0.05) is 26.0 Å². The number of hydrogen-bond acceptors (Lipinski definition) is 4. The molecule has 0 aromatic rings. The van der Waals surface area contributed by atoms with Crippen molar-refractivity contribution in [2.24, 2.45) is 0 Å². The lowest BCUT2D eigenvalue weighted by Gasteiger charge is -1.96. The van der Waals surface area contributed by atoms with Crippen LogP contribution in [-0.4, -0.2) is 44.6 Å². The SMILES string of the molecule is CCC(=O)O.CCC(=O)O.O[C@@H]1C=C[C@H](O)C1. The second-order valence-corrected chi connectivity index (χ2v) is 3.25. The fourth-order valence-electron chi connectivity index (χ4n) is 0.661. The van der Waals surface area contributed by atoms with Crippen LogP contribution < -0.4 is 0 Å². The highest BCUT2D eigenvalue weighted by Gasteiger charge is 2.11. The van der Waals surface area contributed by atoms with Crippen LogP contribution in [0.2, 0.25) is 0 Å². The molecule has 0 bridgehead atoms. The molecule has 6 nitrogen and oxygen atoms in total. The molecule has 0 aromatic heterocycles. The van der Waals surface area contributed by atoms with Gasteiger partial charge in [0, 0.05) is 19.3 Å². The van der Waals surface area contributed by atoms with E-state index >= 15 is 0 Å². The maximum atomic E-state index is 9.37. The van der Waals surface area contributed by atoms with Gasteiger partial charge in [0.15, 0.2) is 0 Å². The lowest BCUT2D eigenvalue weighted by molar-refractivity contribution is -0.137. The normalized spacial score (nSPS) is 20.7. The molecule has 1 aliphatic rings. The molecule has 0 spiro atoms. The second-order valence-electron chi connectivity index (χ2n) is 3.25. The number of aliphatic hydroxyl groups is 2. The molecule has 2 atom stereocenters. The first-order valence-electron chi connectivity index (χ1n) is 5.31. The molecular formula is C11H20O6. The van der Waals surface area contributed by atoms with Crippen molar-refractivity contribution in [1.29, 1.82) is 0 Å². The molecule has 0 fully saturated rings. The van der Waals surface area contributed by atoms with Gasteiger partial charge in [0.05, 0.1) is 12.2 Å². The summed E-state index contributed by atoms with van der Waals surface area (Å²) >= 11 is 0. The molecular weight excluding hydrogens is 228 g/mol. The first-order valence-corrected chi connectivity index (χ1v) is 5.31. The van der Waals surface area contributed by atoms with E-state index in [2.05, 4.69) is 0 Å². The average Bonchev–Trinajstić information content (AvgIpc) is 2.64. The van der Waals surface area contributed by atoms with Crippen LogP contribution in [0.3, 0.4) is 0 Å². The third-order valence-electron chi connectivity index (χ3n) is 1.64. The van der Waals surface area contributed by atoms with Gasteiger partial charge in [-0.25, -0.2) is 0 Å². The molecule has 0 unspecified atom stereocenters. The zero-order chi connectivity index (χ0) is 13.8. The van der Waals surface area contributed by atoms with E-state index < -0.39 is 24.1 Å².